The van der Waals surface area contributed by atoms with Crippen LogP contribution in [-0.4, -0.2) is 28.7 Å². The summed E-state index contributed by atoms with van der Waals surface area (Å²) in [6.07, 6.45) is 3.97. The van der Waals surface area contributed by atoms with E-state index in [0.29, 0.717) is 17.1 Å². The Morgan fingerprint density at radius 3 is 2.83 bits per heavy atom. The maximum absolute atomic E-state index is 12.4. The van der Waals surface area contributed by atoms with E-state index in [4.69, 9.17) is 0 Å². The Morgan fingerprint density at radius 2 is 2.13 bits per heavy atom. The molecule has 2 heterocycles. The molecule has 2 aliphatic carbocycles. The number of hydrogen-bond donors (Lipinski definition) is 2. The van der Waals surface area contributed by atoms with Gasteiger partial charge in [-0.05, 0) is 57.2 Å². The van der Waals surface area contributed by atoms with Crippen LogP contribution in [0.25, 0.3) is 0 Å². The van der Waals surface area contributed by atoms with Gasteiger partial charge in [0.15, 0.2) is 0 Å². The predicted molar refractivity (Wildman–Crippen MR) is 93.5 cm³/mol. The highest BCUT2D eigenvalue weighted by Crippen LogP contribution is 2.45. The minimum atomic E-state index is -0.0800. The maximum atomic E-state index is 12.4. The summed E-state index contributed by atoms with van der Waals surface area (Å²) in [5.41, 5.74) is 1.34. The van der Waals surface area contributed by atoms with Gasteiger partial charge in [-0.3, -0.25) is 10.1 Å². The number of carbonyl (C=O) groups is 1. The minimum absolute atomic E-state index is 0.0800. The number of hydrogen-bond acceptors (Lipinski definition) is 6. The normalized spacial score (nSPS) is 23.0. The van der Waals surface area contributed by atoms with Crippen molar-refractivity contribution in [3.63, 3.8) is 0 Å². The third-order valence-corrected chi connectivity index (χ3v) is 6.30. The highest BCUT2D eigenvalue weighted by atomic mass is 32.1. The van der Waals surface area contributed by atoms with Crippen molar-refractivity contribution in [3.8, 4) is 0 Å². The molecule has 7 heteroatoms. The van der Waals surface area contributed by atoms with Crippen molar-refractivity contribution >= 4 is 33.7 Å². The van der Waals surface area contributed by atoms with Gasteiger partial charge in [0.05, 0.1) is 4.88 Å². The van der Waals surface area contributed by atoms with Gasteiger partial charge in [-0.2, -0.15) is 0 Å². The van der Waals surface area contributed by atoms with Gasteiger partial charge in [0.2, 0.25) is 5.13 Å². The van der Waals surface area contributed by atoms with Crippen LogP contribution in [0.1, 0.15) is 50.3 Å². The number of thiophene rings is 1. The molecular formula is C16H20N4OS2. The zero-order chi connectivity index (χ0) is 16.0. The van der Waals surface area contributed by atoms with Crippen LogP contribution in [0, 0.1) is 19.8 Å². The van der Waals surface area contributed by atoms with Crippen LogP contribution in [0.3, 0.4) is 0 Å². The van der Waals surface area contributed by atoms with Gasteiger partial charge < -0.3 is 5.32 Å². The van der Waals surface area contributed by atoms with E-state index in [-0.39, 0.29) is 5.91 Å². The molecule has 0 saturated heterocycles. The quantitative estimate of drug-likeness (QED) is 0.840. The van der Waals surface area contributed by atoms with E-state index in [0.717, 1.165) is 22.3 Å². The lowest BCUT2D eigenvalue weighted by Crippen LogP contribution is -2.20. The standard InChI is InChI=1S/C16H20N4OS2/c1-8-11(12-5-13(12)17-7-10-3-4-10)6-14(22-8)15(21)18-16-20-19-9(2)23-16/h6,10,12-13,17H,3-5,7H2,1-2H3,(H,18,20,21)/t12-,13+/m0/s1. The van der Waals surface area contributed by atoms with Gasteiger partial charge in [-0.15, -0.1) is 21.5 Å². The van der Waals surface area contributed by atoms with Crippen LogP contribution in [0.15, 0.2) is 6.07 Å². The smallest absolute Gasteiger partial charge is 0.267 e. The molecule has 1 amide bonds. The van der Waals surface area contributed by atoms with Gasteiger partial charge in [-0.1, -0.05) is 11.3 Å². The van der Waals surface area contributed by atoms with E-state index in [1.807, 2.05) is 6.92 Å². The van der Waals surface area contributed by atoms with Crippen LogP contribution in [0.5, 0.6) is 0 Å². The van der Waals surface area contributed by atoms with Crippen molar-refractivity contribution < 1.29 is 4.79 Å². The molecule has 2 aliphatic rings. The van der Waals surface area contributed by atoms with Gasteiger partial charge in [0.25, 0.3) is 5.91 Å². The predicted octanol–water partition coefficient (Wildman–Crippen LogP) is 3.32. The van der Waals surface area contributed by atoms with Crippen molar-refractivity contribution in [1.29, 1.82) is 0 Å². The van der Waals surface area contributed by atoms with E-state index >= 15 is 0 Å². The average molecular weight is 348 g/mol. The van der Waals surface area contributed by atoms with Crippen LogP contribution in [0.2, 0.25) is 0 Å². The maximum Gasteiger partial charge on any atom is 0.267 e. The topological polar surface area (TPSA) is 66.9 Å². The fourth-order valence-electron chi connectivity index (χ4n) is 2.89. The molecule has 0 bridgehead atoms. The number of aryl methyl sites for hydroxylation is 2. The number of aromatic nitrogens is 2. The summed E-state index contributed by atoms with van der Waals surface area (Å²) >= 11 is 2.97. The Labute approximate surface area is 143 Å². The summed E-state index contributed by atoms with van der Waals surface area (Å²) in [6.45, 7) is 5.15. The Kier molecular flexibility index (Phi) is 3.95. The van der Waals surface area contributed by atoms with Crippen LogP contribution in [-0.2, 0) is 0 Å². The Morgan fingerprint density at radius 1 is 1.30 bits per heavy atom. The Hall–Kier alpha value is -1.31. The number of nitrogens with one attached hydrogen (secondary N) is 2. The van der Waals surface area contributed by atoms with E-state index in [1.165, 1.54) is 41.0 Å². The molecule has 2 aromatic heterocycles. The molecule has 122 valence electrons. The second-order valence-electron chi connectivity index (χ2n) is 6.50. The first kappa shape index (κ1) is 15.2. The lowest BCUT2D eigenvalue weighted by molar-refractivity contribution is 0.103. The molecule has 0 unspecified atom stereocenters. The molecule has 0 spiro atoms. The molecule has 0 aliphatic heterocycles. The molecule has 2 N–H and O–H groups in total. The number of anilines is 1. The van der Waals surface area contributed by atoms with Gasteiger partial charge in [0.1, 0.15) is 5.01 Å². The molecule has 23 heavy (non-hydrogen) atoms. The number of nitrogens with zero attached hydrogens (tertiary/aromatic N) is 2. The van der Waals surface area contributed by atoms with E-state index in [1.54, 1.807) is 11.3 Å². The average Bonchev–Trinajstić information content (AvgIpc) is 3.41. The van der Waals surface area contributed by atoms with Crippen molar-refractivity contribution in [2.24, 2.45) is 5.92 Å². The third kappa shape index (κ3) is 3.46. The van der Waals surface area contributed by atoms with Gasteiger partial charge >= 0.3 is 0 Å². The molecule has 5 nitrogen and oxygen atoms in total. The summed E-state index contributed by atoms with van der Waals surface area (Å²) in [7, 11) is 0. The van der Waals surface area contributed by atoms with E-state index < -0.39 is 0 Å². The SMILES string of the molecule is Cc1nnc(NC(=O)c2cc([C@@H]3C[C@H]3NCC3CC3)c(C)s2)s1. The number of amides is 1. The molecule has 2 aromatic rings. The van der Waals surface area contributed by atoms with Crippen LogP contribution >= 0.6 is 22.7 Å². The first-order valence-electron chi connectivity index (χ1n) is 8.05. The number of carbonyl (C=O) groups excluding carboxylic acids is 1. The van der Waals surface area contributed by atoms with Crippen molar-refractivity contribution in [2.75, 3.05) is 11.9 Å². The summed E-state index contributed by atoms with van der Waals surface area (Å²) in [5, 5.41) is 15.8. The van der Waals surface area contributed by atoms with Crippen molar-refractivity contribution in [1.82, 2.24) is 15.5 Å². The molecule has 0 aromatic carbocycles. The Bertz CT molecular complexity index is 734. The van der Waals surface area contributed by atoms with Gasteiger partial charge in [-0.25, -0.2) is 0 Å². The largest absolute Gasteiger partial charge is 0.313 e. The van der Waals surface area contributed by atoms with E-state index in [9.17, 15) is 4.79 Å². The fourth-order valence-corrected chi connectivity index (χ4v) is 4.46. The minimum Gasteiger partial charge on any atom is -0.313 e. The Balaban J connectivity index is 1.39. The zero-order valence-electron chi connectivity index (χ0n) is 13.3. The molecule has 4 rings (SSSR count). The molecular weight excluding hydrogens is 328 g/mol. The highest BCUT2D eigenvalue weighted by Gasteiger charge is 2.40. The molecule has 0 radical (unpaired) electrons. The fraction of sp³-hybridized carbons (Fsp3) is 0.562. The first-order chi connectivity index (χ1) is 11.1. The monoisotopic (exact) mass is 348 g/mol. The lowest BCUT2D eigenvalue weighted by atomic mass is 10.1. The third-order valence-electron chi connectivity index (χ3n) is 4.48. The molecule has 2 atom stereocenters. The van der Waals surface area contributed by atoms with Crippen LogP contribution < -0.4 is 10.6 Å². The van der Waals surface area contributed by atoms with Gasteiger partial charge in [0, 0.05) is 16.8 Å². The summed E-state index contributed by atoms with van der Waals surface area (Å²) < 4.78 is 0. The van der Waals surface area contributed by atoms with Crippen molar-refractivity contribution in [3.05, 3.63) is 26.4 Å². The second kappa shape index (κ2) is 5.96. The van der Waals surface area contributed by atoms with Crippen LogP contribution in [0.4, 0.5) is 5.13 Å². The molecule has 2 fully saturated rings. The summed E-state index contributed by atoms with van der Waals surface area (Å²) in [5.74, 6) is 1.41. The number of rotatable bonds is 6. The van der Waals surface area contributed by atoms with E-state index in [2.05, 4.69) is 33.8 Å². The highest BCUT2D eigenvalue weighted by molar-refractivity contribution is 7.16. The lowest BCUT2D eigenvalue weighted by Gasteiger charge is -2.02. The first-order valence-corrected chi connectivity index (χ1v) is 9.68. The molecule has 2 saturated carbocycles. The summed E-state index contributed by atoms with van der Waals surface area (Å²) in [4.78, 5) is 14.4. The zero-order valence-corrected chi connectivity index (χ0v) is 14.9. The second-order valence-corrected chi connectivity index (χ2v) is 8.94. The summed E-state index contributed by atoms with van der Waals surface area (Å²) in [6, 6.07) is 2.66. The van der Waals surface area contributed by atoms with Crippen molar-refractivity contribution in [2.45, 2.75) is 45.1 Å².